The number of carboxylic acids is 1. The smallest absolute Gasteiger partial charge is 0.341 e. The van der Waals surface area contributed by atoms with E-state index in [1.54, 1.807) is 0 Å². The summed E-state index contributed by atoms with van der Waals surface area (Å²) in [6.45, 7) is 0. The number of alkyl halides is 1. The first-order valence-corrected chi connectivity index (χ1v) is 3.99. The Balaban J connectivity index is 2.00. The van der Waals surface area contributed by atoms with Crippen LogP contribution in [0.15, 0.2) is 0 Å². The molecule has 0 heterocycles. The molecule has 2 fully saturated rings. The second-order valence-electron chi connectivity index (χ2n) is 3.98. The molecule has 0 saturated heterocycles. The molecule has 2 nitrogen and oxygen atoms in total. The predicted octanol–water partition coefficient (Wildman–Crippen LogP) is 1.74. The van der Waals surface area contributed by atoms with E-state index >= 15 is 0 Å². The molecular formula is C8H11FO2. The zero-order valence-electron chi connectivity index (χ0n) is 6.27. The van der Waals surface area contributed by atoms with E-state index in [0.717, 1.165) is 19.3 Å². The molecule has 0 bridgehead atoms. The Labute approximate surface area is 64.4 Å². The van der Waals surface area contributed by atoms with E-state index < -0.39 is 11.6 Å². The lowest BCUT2D eigenvalue weighted by Gasteiger charge is -2.55. The summed E-state index contributed by atoms with van der Waals surface area (Å²) in [6.07, 6.45) is 3.73. The molecular weight excluding hydrogens is 147 g/mol. The second kappa shape index (κ2) is 1.76. The zero-order valence-corrected chi connectivity index (χ0v) is 6.27. The summed E-state index contributed by atoms with van der Waals surface area (Å²) in [4.78, 5) is 10.4. The molecule has 2 aliphatic carbocycles. The van der Waals surface area contributed by atoms with Crippen LogP contribution >= 0.6 is 0 Å². The molecule has 1 N–H and O–H groups in total. The monoisotopic (exact) mass is 158 g/mol. The molecule has 3 heteroatoms. The van der Waals surface area contributed by atoms with Crippen LogP contribution in [0.3, 0.4) is 0 Å². The van der Waals surface area contributed by atoms with E-state index in [0.29, 0.717) is 0 Å². The van der Waals surface area contributed by atoms with Crippen LogP contribution < -0.4 is 0 Å². The van der Waals surface area contributed by atoms with Crippen molar-refractivity contribution in [2.24, 2.45) is 5.41 Å². The molecule has 2 aliphatic rings. The third kappa shape index (κ3) is 0.798. The summed E-state index contributed by atoms with van der Waals surface area (Å²) in [7, 11) is 0. The van der Waals surface area contributed by atoms with Crippen LogP contribution in [-0.4, -0.2) is 16.7 Å². The highest BCUT2D eigenvalue weighted by molar-refractivity contribution is 5.79. The van der Waals surface area contributed by atoms with Crippen LogP contribution in [0, 0.1) is 5.41 Å². The number of carbonyl (C=O) groups is 1. The normalized spacial score (nSPS) is 30.6. The van der Waals surface area contributed by atoms with Crippen LogP contribution in [0.4, 0.5) is 4.39 Å². The molecule has 0 atom stereocenters. The van der Waals surface area contributed by atoms with Crippen molar-refractivity contribution in [2.45, 2.75) is 37.8 Å². The van der Waals surface area contributed by atoms with Gasteiger partial charge in [-0.3, -0.25) is 0 Å². The highest BCUT2D eigenvalue weighted by atomic mass is 19.1. The number of rotatable bonds is 1. The Morgan fingerprint density at radius 3 is 2.18 bits per heavy atom. The lowest BCUT2D eigenvalue weighted by Crippen LogP contribution is -2.56. The van der Waals surface area contributed by atoms with Crippen molar-refractivity contribution in [3.63, 3.8) is 0 Å². The van der Waals surface area contributed by atoms with Crippen LogP contribution in [-0.2, 0) is 4.79 Å². The van der Waals surface area contributed by atoms with Gasteiger partial charge in [-0.25, -0.2) is 9.18 Å². The van der Waals surface area contributed by atoms with Crippen molar-refractivity contribution in [2.75, 3.05) is 0 Å². The van der Waals surface area contributed by atoms with Crippen LogP contribution in [0.1, 0.15) is 32.1 Å². The molecule has 62 valence electrons. The van der Waals surface area contributed by atoms with Crippen molar-refractivity contribution >= 4 is 5.97 Å². The maximum Gasteiger partial charge on any atom is 0.341 e. The van der Waals surface area contributed by atoms with Gasteiger partial charge in [0.15, 0.2) is 0 Å². The van der Waals surface area contributed by atoms with Gasteiger partial charge in [0, 0.05) is 0 Å². The Kier molecular flexibility index (Phi) is 1.13. The number of hydrogen-bond acceptors (Lipinski definition) is 1. The van der Waals surface area contributed by atoms with Crippen molar-refractivity contribution in [1.29, 1.82) is 0 Å². The Bertz CT molecular complexity index is 200. The van der Waals surface area contributed by atoms with Gasteiger partial charge in [0.2, 0.25) is 5.67 Å². The number of carboxylic acid groups (broad SMARTS) is 1. The van der Waals surface area contributed by atoms with E-state index in [-0.39, 0.29) is 18.3 Å². The average molecular weight is 158 g/mol. The highest BCUT2D eigenvalue weighted by Crippen LogP contribution is 2.61. The second-order valence-corrected chi connectivity index (χ2v) is 3.98. The van der Waals surface area contributed by atoms with E-state index in [1.807, 2.05) is 0 Å². The van der Waals surface area contributed by atoms with Gasteiger partial charge in [-0.05, 0) is 31.1 Å². The highest BCUT2D eigenvalue weighted by Gasteiger charge is 2.61. The van der Waals surface area contributed by atoms with Crippen molar-refractivity contribution in [3.8, 4) is 0 Å². The van der Waals surface area contributed by atoms with Crippen LogP contribution in [0.25, 0.3) is 0 Å². The van der Waals surface area contributed by atoms with Gasteiger partial charge < -0.3 is 5.11 Å². The van der Waals surface area contributed by atoms with E-state index in [1.165, 1.54) is 0 Å². The fourth-order valence-corrected chi connectivity index (χ4v) is 2.32. The van der Waals surface area contributed by atoms with Gasteiger partial charge in [-0.2, -0.15) is 0 Å². The minimum atomic E-state index is -1.87. The third-order valence-corrected chi connectivity index (χ3v) is 3.11. The first-order chi connectivity index (χ1) is 5.06. The fraction of sp³-hybridized carbons (Fsp3) is 0.875. The summed E-state index contributed by atoms with van der Waals surface area (Å²) in [5.74, 6) is -1.27. The van der Waals surface area contributed by atoms with Gasteiger partial charge in [0.25, 0.3) is 0 Å². The molecule has 2 saturated carbocycles. The Morgan fingerprint density at radius 2 is 1.91 bits per heavy atom. The quantitative estimate of drug-likeness (QED) is 0.631. The molecule has 0 amide bonds. The van der Waals surface area contributed by atoms with Crippen molar-refractivity contribution in [3.05, 3.63) is 0 Å². The van der Waals surface area contributed by atoms with E-state index in [2.05, 4.69) is 0 Å². The molecule has 0 radical (unpaired) electrons. The van der Waals surface area contributed by atoms with E-state index in [4.69, 9.17) is 5.11 Å². The average Bonchev–Trinajstić information content (AvgIpc) is 1.75. The molecule has 0 aliphatic heterocycles. The molecule has 1 spiro atoms. The maximum atomic E-state index is 13.1. The minimum absolute atomic E-state index is 0.104. The van der Waals surface area contributed by atoms with Crippen molar-refractivity contribution < 1.29 is 14.3 Å². The molecule has 11 heavy (non-hydrogen) atoms. The summed E-state index contributed by atoms with van der Waals surface area (Å²) in [5, 5.41) is 8.47. The van der Waals surface area contributed by atoms with Crippen LogP contribution in [0.5, 0.6) is 0 Å². The Morgan fingerprint density at radius 1 is 1.36 bits per heavy atom. The van der Waals surface area contributed by atoms with Gasteiger partial charge in [0.1, 0.15) is 0 Å². The number of aliphatic carboxylic acids is 1. The summed E-state index contributed by atoms with van der Waals surface area (Å²) in [5.41, 5.74) is -1.77. The first-order valence-electron chi connectivity index (χ1n) is 3.99. The number of hydrogen-bond donors (Lipinski definition) is 1. The lowest BCUT2D eigenvalue weighted by molar-refractivity contribution is -0.178. The molecule has 0 unspecified atom stereocenters. The molecule has 0 aromatic heterocycles. The summed E-state index contributed by atoms with van der Waals surface area (Å²) < 4.78 is 13.1. The van der Waals surface area contributed by atoms with Gasteiger partial charge in [0.05, 0.1) is 0 Å². The van der Waals surface area contributed by atoms with Gasteiger partial charge >= 0.3 is 5.97 Å². The molecule has 0 aromatic rings. The lowest BCUT2D eigenvalue weighted by atomic mass is 9.50. The SMILES string of the molecule is O=C(O)C1(F)CC2(CCC2)C1. The number of halogens is 1. The molecule has 2 rings (SSSR count). The van der Waals surface area contributed by atoms with Gasteiger partial charge in [-0.15, -0.1) is 0 Å². The van der Waals surface area contributed by atoms with Crippen molar-refractivity contribution in [1.82, 2.24) is 0 Å². The van der Waals surface area contributed by atoms with E-state index in [9.17, 15) is 9.18 Å². The largest absolute Gasteiger partial charge is 0.479 e. The summed E-state index contributed by atoms with van der Waals surface area (Å²) in [6, 6.07) is 0. The third-order valence-electron chi connectivity index (χ3n) is 3.11. The minimum Gasteiger partial charge on any atom is -0.479 e. The van der Waals surface area contributed by atoms with Crippen LogP contribution in [0.2, 0.25) is 0 Å². The first kappa shape index (κ1) is 7.07. The fourth-order valence-electron chi connectivity index (χ4n) is 2.32. The zero-order chi connectivity index (χ0) is 8.11. The molecule has 0 aromatic carbocycles. The van der Waals surface area contributed by atoms with Gasteiger partial charge in [-0.1, -0.05) is 6.42 Å². The predicted molar refractivity (Wildman–Crippen MR) is 37.0 cm³/mol. The maximum absolute atomic E-state index is 13.1. The standard InChI is InChI=1S/C8H11FO2/c9-8(6(10)11)4-7(5-8)2-1-3-7/h1-5H2,(H,10,11). The Hall–Kier alpha value is -0.600. The topological polar surface area (TPSA) is 37.3 Å². The summed E-state index contributed by atoms with van der Waals surface area (Å²) >= 11 is 0.